The van der Waals surface area contributed by atoms with Crippen LogP contribution < -0.4 is 9.47 Å². The van der Waals surface area contributed by atoms with Crippen molar-refractivity contribution >= 4 is 45.1 Å². The minimum Gasteiger partial charge on any atom is -0.488 e. The zero-order valence-electron chi connectivity index (χ0n) is 20.9. The number of rotatable bonds is 10. The second-order valence-electron chi connectivity index (χ2n) is 8.45. The molecular weight excluding hydrogens is 498 g/mol. The lowest BCUT2D eigenvalue weighted by Gasteiger charge is -2.17. The summed E-state index contributed by atoms with van der Waals surface area (Å²) in [5.41, 5.74) is 2.96. The summed E-state index contributed by atoms with van der Waals surface area (Å²) in [7, 11) is 0. The summed E-state index contributed by atoms with van der Waals surface area (Å²) in [6.07, 6.45) is 4.90. The number of nitrogens with zero attached hydrogens (tertiary/aromatic N) is 2. The number of pyridine rings is 1. The van der Waals surface area contributed by atoms with Crippen LogP contribution in [0.3, 0.4) is 0 Å². The second-order valence-corrected chi connectivity index (χ2v) is 9.88. The van der Waals surface area contributed by atoms with Gasteiger partial charge in [0.15, 0.2) is 0 Å². The van der Waals surface area contributed by atoms with E-state index in [-0.39, 0.29) is 17.1 Å². The van der Waals surface area contributed by atoms with Crippen molar-refractivity contribution < 1.29 is 22.7 Å². The fourth-order valence-electron chi connectivity index (χ4n) is 3.79. The number of nitrogens with one attached hydrogen (secondary N) is 1. The third kappa shape index (κ3) is 7.27. The molecule has 1 aromatic carbocycles. The Morgan fingerprint density at radius 2 is 1.94 bits per heavy atom. The van der Waals surface area contributed by atoms with Crippen LogP contribution >= 0.6 is 11.8 Å². The summed E-state index contributed by atoms with van der Waals surface area (Å²) >= 11 is 0.925. The molecule has 1 unspecified atom stereocenters. The number of hydrogen-bond donors (Lipinski definition) is 1. The van der Waals surface area contributed by atoms with Gasteiger partial charge in [-0.05, 0) is 37.5 Å². The van der Waals surface area contributed by atoms with Crippen LogP contribution in [0.4, 0.5) is 0 Å². The van der Waals surface area contributed by atoms with E-state index in [9.17, 15) is 4.79 Å². The average molecular weight is 530 g/mol. The predicted molar refractivity (Wildman–Crippen MR) is 144 cm³/mol. The van der Waals surface area contributed by atoms with Crippen molar-refractivity contribution in [2.24, 2.45) is 4.99 Å². The number of aromatic amines is 1. The number of thioether (sulfide) groups is 1. The number of carbonyl (C=O) groups excluding carboxylic acids is 1. The smallest absolute Gasteiger partial charge is 0.335 e. The van der Waals surface area contributed by atoms with E-state index in [4.69, 9.17) is 22.9 Å². The van der Waals surface area contributed by atoms with E-state index in [2.05, 4.69) is 29.9 Å². The molecule has 8 nitrogen and oxygen atoms in total. The van der Waals surface area contributed by atoms with Gasteiger partial charge in [0.2, 0.25) is 5.88 Å². The van der Waals surface area contributed by atoms with Crippen LogP contribution in [-0.4, -0.2) is 47.1 Å². The Hall–Kier alpha value is -2.98. The number of carbonyl (C=O) groups is 1. The first-order chi connectivity index (χ1) is 17.4. The van der Waals surface area contributed by atoms with E-state index in [0.717, 1.165) is 45.8 Å². The third-order valence-electron chi connectivity index (χ3n) is 5.77. The molecular formula is C26H31N3O5S2. The van der Waals surface area contributed by atoms with Crippen LogP contribution in [0.15, 0.2) is 41.5 Å². The minimum atomic E-state index is -0.750. The van der Waals surface area contributed by atoms with Gasteiger partial charge in [0.1, 0.15) is 22.3 Å². The molecule has 0 radical (unpaired) electrons. The van der Waals surface area contributed by atoms with Gasteiger partial charge in [-0.2, -0.15) is 8.42 Å². The van der Waals surface area contributed by atoms with Gasteiger partial charge in [-0.1, -0.05) is 38.6 Å². The fraction of sp³-hybridized carbons (Fsp3) is 0.423. The highest BCUT2D eigenvalue weighted by Gasteiger charge is 2.24. The van der Waals surface area contributed by atoms with Gasteiger partial charge in [0.25, 0.3) is 0 Å². The molecule has 1 atom stereocenters. The minimum absolute atomic E-state index is 0.121. The lowest BCUT2D eigenvalue weighted by Crippen LogP contribution is -2.14. The van der Waals surface area contributed by atoms with Gasteiger partial charge in [0.05, 0.1) is 23.9 Å². The fourth-order valence-corrected chi connectivity index (χ4v) is 4.91. The van der Waals surface area contributed by atoms with Gasteiger partial charge in [0, 0.05) is 41.8 Å². The summed E-state index contributed by atoms with van der Waals surface area (Å²) in [6.45, 7) is 8.84. The number of Topliss-reactive ketones (excluding diaryl/α,β-unsaturated/α-hetero) is 1. The maximum Gasteiger partial charge on any atom is 0.335 e. The van der Waals surface area contributed by atoms with E-state index < -0.39 is 11.6 Å². The zero-order valence-corrected chi connectivity index (χ0v) is 22.5. The van der Waals surface area contributed by atoms with Crippen molar-refractivity contribution in [3.63, 3.8) is 0 Å². The Labute approximate surface area is 218 Å². The molecule has 3 heterocycles. The van der Waals surface area contributed by atoms with Crippen LogP contribution in [-0.2, 0) is 16.4 Å². The molecule has 192 valence electrons. The number of benzene rings is 1. The Bertz CT molecular complexity index is 1250. The first-order valence-electron chi connectivity index (χ1n) is 12.0. The number of hydrogen-bond acceptors (Lipinski definition) is 8. The van der Waals surface area contributed by atoms with Crippen LogP contribution in [0.25, 0.3) is 10.9 Å². The lowest BCUT2D eigenvalue weighted by molar-refractivity contribution is -0.118. The van der Waals surface area contributed by atoms with E-state index >= 15 is 0 Å². The molecule has 1 N–H and O–H groups in total. The number of fused-ring (bicyclic) bond motifs is 1. The number of aryl methyl sites for hydroxylation is 1. The topological polar surface area (TPSA) is 111 Å². The normalized spacial score (nSPS) is 14.8. The van der Waals surface area contributed by atoms with E-state index in [1.165, 1.54) is 0 Å². The summed E-state index contributed by atoms with van der Waals surface area (Å²) in [5, 5.41) is 2.15. The molecule has 0 saturated heterocycles. The molecule has 0 saturated carbocycles. The van der Waals surface area contributed by atoms with Crippen LogP contribution in [0.1, 0.15) is 57.7 Å². The van der Waals surface area contributed by atoms with Crippen molar-refractivity contribution in [3.8, 4) is 17.4 Å². The summed E-state index contributed by atoms with van der Waals surface area (Å²) in [4.78, 5) is 24.4. The molecule has 0 spiro atoms. The van der Waals surface area contributed by atoms with Crippen molar-refractivity contribution in [2.75, 3.05) is 6.54 Å². The summed E-state index contributed by atoms with van der Waals surface area (Å²) < 4.78 is 29.0. The number of ether oxygens (including phenoxy) is 2. The van der Waals surface area contributed by atoms with Gasteiger partial charge < -0.3 is 14.5 Å². The Kier molecular flexibility index (Phi) is 10.2. The third-order valence-corrected chi connectivity index (χ3v) is 6.99. The molecule has 1 aliphatic rings. The van der Waals surface area contributed by atoms with Crippen molar-refractivity contribution in [1.29, 1.82) is 0 Å². The summed E-state index contributed by atoms with van der Waals surface area (Å²) in [6, 6.07) is 9.85. The quantitative estimate of drug-likeness (QED) is 0.354. The molecule has 2 aromatic heterocycles. The van der Waals surface area contributed by atoms with Gasteiger partial charge in [-0.15, -0.1) is 0 Å². The van der Waals surface area contributed by atoms with Crippen LogP contribution in [0, 0.1) is 6.92 Å². The summed E-state index contributed by atoms with van der Waals surface area (Å²) in [5.74, 6) is 2.27. The molecule has 0 aliphatic carbocycles. The van der Waals surface area contributed by atoms with Crippen LogP contribution in [0.5, 0.6) is 17.4 Å². The zero-order chi connectivity index (χ0) is 26.1. The molecule has 10 heteroatoms. The van der Waals surface area contributed by atoms with Crippen LogP contribution in [0.2, 0.25) is 0 Å². The van der Waals surface area contributed by atoms with Crippen molar-refractivity contribution in [1.82, 2.24) is 9.97 Å². The standard InChI is InChI=1S/C26H31N3O3S.O2S/c1-5-18(30)12-21-15-28-26(33-21)22-11-17-10-20(32-24-9-8-16(4)14-27-24)13-23(25(17)29-22)31-19(6-2)7-3;1-3-2/h8-11,13-14,19,21,29H,5-7,12,15H2,1-4H3;. The maximum atomic E-state index is 11.9. The monoisotopic (exact) mass is 529 g/mol. The molecule has 0 amide bonds. The Balaban J connectivity index is 0.00000115. The SMILES string of the molecule is CCC(=O)CC1CN=C(c2cc3cc(Oc4ccc(C)cn4)cc(OC(CC)CC)c3[nH]2)S1.O=S=O. The number of aromatic nitrogens is 2. The lowest BCUT2D eigenvalue weighted by atomic mass is 10.2. The van der Waals surface area contributed by atoms with Gasteiger partial charge in [-0.3, -0.25) is 9.79 Å². The number of H-pyrrole nitrogens is 1. The van der Waals surface area contributed by atoms with E-state index in [1.807, 2.05) is 38.1 Å². The second kappa shape index (κ2) is 13.4. The number of aliphatic imine (C=N–C) groups is 1. The molecule has 3 aromatic rings. The molecule has 0 bridgehead atoms. The predicted octanol–water partition coefficient (Wildman–Crippen LogP) is 5.79. The van der Waals surface area contributed by atoms with Crippen molar-refractivity contribution in [3.05, 3.63) is 47.8 Å². The Morgan fingerprint density at radius 1 is 1.19 bits per heavy atom. The maximum absolute atomic E-state index is 11.9. The van der Waals surface area contributed by atoms with Crippen molar-refractivity contribution in [2.45, 2.75) is 64.7 Å². The van der Waals surface area contributed by atoms with Gasteiger partial charge in [-0.25, -0.2) is 4.98 Å². The highest BCUT2D eigenvalue weighted by atomic mass is 32.2. The Morgan fingerprint density at radius 3 is 2.58 bits per heavy atom. The largest absolute Gasteiger partial charge is 0.488 e. The first-order valence-corrected chi connectivity index (χ1v) is 13.5. The molecule has 4 rings (SSSR count). The number of ketones is 1. The molecule has 1 aliphatic heterocycles. The molecule has 36 heavy (non-hydrogen) atoms. The van der Waals surface area contributed by atoms with Gasteiger partial charge >= 0.3 is 11.6 Å². The van der Waals surface area contributed by atoms with E-state index in [1.54, 1.807) is 18.0 Å². The highest BCUT2D eigenvalue weighted by molar-refractivity contribution is 8.15. The molecule has 0 fully saturated rings. The first kappa shape index (κ1) is 27.6. The van der Waals surface area contributed by atoms with E-state index in [0.29, 0.717) is 31.0 Å². The average Bonchev–Trinajstić information content (AvgIpc) is 3.51. The highest BCUT2D eigenvalue weighted by Crippen LogP contribution is 2.36.